The molecular formula is C12H20O. The number of carbonyl (C=O) groups is 1. The first kappa shape index (κ1) is 9.23. The van der Waals surface area contributed by atoms with E-state index in [9.17, 15) is 4.79 Å². The molecule has 0 heterocycles. The minimum Gasteiger partial charge on any atom is -0.300 e. The molecule has 3 atom stereocenters. The van der Waals surface area contributed by atoms with E-state index in [1.807, 2.05) is 0 Å². The molecule has 0 N–H and O–H groups in total. The summed E-state index contributed by atoms with van der Waals surface area (Å²) in [5.41, 5.74) is 0.368. The van der Waals surface area contributed by atoms with Crippen molar-refractivity contribution in [3.63, 3.8) is 0 Å². The molecule has 1 heteroatoms. The van der Waals surface area contributed by atoms with Crippen molar-refractivity contribution >= 4 is 5.78 Å². The van der Waals surface area contributed by atoms with Crippen LogP contribution in [0.4, 0.5) is 0 Å². The second-order valence-electron chi connectivity index (χ2n) is 5.38. The minimum atomic E-state index is 0.368. The lowest BCUT2D eigenvalue weighted by atomic mass is 9.57. The van der Waals surface area contributed by atoms with Gasteiger partial charge in [0.15, 0.2) is 0 Å². The molecule has 0 radical (unpaired) electrons. The summed E-state index contributed by atoms with van der Waals surface area (Å²) in [6, 6.07) is 0. The van der Waals surface area contributed by atoms with Gasteiger partial charge in [-0.2, -0.15) is 0 Å². The highest BCUT2D eigenvalue weighted by Crippen LogP contribution is 2.51. The Balaban J connectivity index is 2.17. The Bertz CT molecular complexity index is 221. The summed E-state index contributed by atoms with van der Waals surface area (Å²) in [7, 11) is 0. The van der Waals surface area contributed by atoms with Crippen LogP contribution >= 0.6 is 0 Å². The number of carbonyl (C=O) groups excluding carboxylic acids is 1. The Hall–Kier alpha value is -0.330. The molecule has 2 aliphatic rings. The van der Waals surface area contributed by atoms with Crippen molar-refractivity contribution in [1.29, 1.82) is 0 Å². The molecule has 0 saturated heterocycles. The van der Waals surface area contributed by atoms with E-state index >= 15 is 0 Å². The molecule has 2 aliphatic carbocycles. The Kier molecular flexibility index (Phi) is 2.21. The molecule has 0 amide bonds. The molecule has 0 aromatic carbocycles. The zero-order chi connectivity index (χ0) is 9.47. The lowest BCUT2D eigenvalue weighted by molar-refractivity contribution is -0.128. The van der Waals surface area contributed by atoms with Gasteiger partial charge in [0, 0.05) is 12.8 Å². The molecule has 1 unspecified atom stereocenters. The smallest absolute Gasteiger partial charge is 0.133 e. The Labute approximate surface area is 80.9 Å². The molecule has 1 nitrogen and oxygen atoms in total. The van der Waals surface area contributed by atoms with Crippen molar-refractivity contribution in [2.75, 3.05) is 0 Å². The maximum atomic E-state index is 11.4. The van der Waals surface area contributed by atoms with Crippen LogP contribution in [0, 0.1) is 17.3 Å². The van der Waals surface area contributed by atoms with Crippen LogP contribution in [0.3, 0.4) is 0 Å². The Morgan fingerprint density at radius 1 is 1.38 bits per heavy atom. The van der Waals surface area contributed by atoms with Gasteiger partial charge >= 0.3 is 0 Å². The summed E-state index contributed by atoms with van der Waals surface area (Å²) in [5, 5.41) is 0. The largest absolute Gasteiger partial charge is 0.300 e. The second-order valence-corrected chi connectivity index (χ2v) is 5.38. The molecule has 74 valence electrons. The molecule has 0 bridgehead atoms. The van der Waals surface area contributed by atoms with Gasteiger partial charge in [0.2, 0.25) is 0 Å². The van der Waals surface area contributed by atoms with Gasteiger partial charge in [0.25, 0.3) is 0 Å². The normalized spacial score (nSPS) is 45.8. The SMILES string of the molecule is CC1CCC[C@]2(C)CC(=O)CC[C@@H]12. The monoisotopic (exact) mass is 180 g/mol. The number of fused-ring (bicyclic) bond motifs is 1. The molecular weight excluding hydrogens is 160 g/mol. The van der Waals surface area contributed by atoms with Crippen molar-refractivity contribution in [2.24, 2.45) is 17.3 Å². The Morgan fingerprint density at radius 2 is 2.15 bits per heavy atom. The third-order valence-electron chi connectivity index (χ3n) is 4.32. The average Bonchev–Trinajstić information content (AvgIpc) is 2.02. The van der Waals surface area contributed by atoms with Crippen LogP contribution in [0.1, 0.15) is 52.4 Å². The van der Waals surface area contributed by atoms with E-state index in [-0.39, 0.29) is 0 Å². The third-order valence-corrected chi connectivity index (χ3v) is 4.32. The Morgan fingerprint density at radius 3 is 2.92 bits per heavy atom. The van der Waals surface area contributed by atoms with Crippen molar-refractivity contribution in [3.05, 3.63) is 0 Å². The zero-order valence-corrected chi connectivity index (χ0v) is 8.81. The van der Waals surface area contributed by atoms with Gasteiger partial charge in [-0.15, -0.1) is 0 Å². The van der Waals surface area contributed by atoms with Crippen LogP contribution in [0.2, 0.25) is 0 Å². The lowest BCUT2D eigenvalue weighted by Crippen LogP contribution is -2.41. The summed E-state index contributed by atoms with van der Waals surface area (Å²) in [5.74, 6) is 2.19. The predicted octanol–water partition coefficient (Wildman–Crippen LogP) is 3.18. The number of rotatable bonds is 0. The third kappa shape index (κ3) is 1.53. The highest BCUT2D eigenvalue weighted by molar-refractivity contribution is 5.80. The zero-order valence-electron chi connectivity index (χ0n) is 8.81. The number of Topliss-reactive ketones (excluding diaryl/α,β-unsaturated/α-hetero) is 1. The fourth-order valence-electron chi connectivity index (χ4n) is 3.61. The molecule has 2 rings (SSSR count). The summed E-state index contributed by atoms with van der Waals surface area (Å²) >= 11 is 0. The van der Waals surface area contributed by atoms with Gasteiger partial charge in [0.05, 0.1) is 0 Å². The van der Waals surface area contributed by atoms with E-state index in [4.69, 9.17) is 0 Å². The topological polar surface area (TPSA) is 17.1 Å². The molecule has 2 saturated carbocycles. The summed E-state index contributed by atoms with van der Waals surface area (Å²) in [6.07, 6.45) is 6.88. The van der Waals surface area contributed by atoms with Crippen molar-refractivity contribution in [1.82, 2.24) is 0 Å². The van der Waals surface area contributed by atoms with E-state index in [0.29, 0.717) is 11.2 Å². The number of hydrogen-bond donors (Lipinski definition) is 0. The molecule has 0 aromatic rings. The van der Waals surface area contributed by atoms with Gasteiger partial charge in [-0.25, -0.2) is 0 Å². The summed E-state index contributed by atoms with van der Waals surface area (Å²) < 4.78 is 0. The molecule has 0 aliphatic heterocycles. The van der Waals surface area contributed by atoms with Crippen molar-refractivity contribution < 1.29 is 4.79 Å². The van der Waals surface area contributed by atoms with Gasteiger partial charge in [-0.3, -0.25) is 4.79 Å². The first-order chi connectivity index (χ1) is 6.12. The highest BCUT2D eigenvalue weighted by Gasteiger charge is 2.43. The first-order valence-electron chi connectivity index (χ1n) is 5.63. The van der Waals surface area contributed by atoms with Gasteiger partial charge in [0.1, 0.15) is 5.78 Å². The molecule has 0 aromatic heterocycles. The van der Waals surface area contributed by atoms with Crippen molar-refractivity contribution in [2.45, 2.75) is 52.4 Å². The van der Waals surface area contributed by atoms with E-state index in [1.165, 1.54) is 19.3 Å². The molecule has 0 spiro atoms. The predicted molar refractivity (Wildman–Crippen MR) is 53.5 cm³/mol. The lowest BCUT2D eigenvalue weighted by Gasteiger charge is -2.47. The van der Waals surface area contributed by atoms with E-state index < -0.39 is 0 Å². The number of ketones is 1. The van der Waals surface area contributed by atoms with Crippen LogP contribution in [-0.2, 0) is 4.79 Å². The highest BCUT2D eigenvalue weighted by atomic mass is 16.1. The van der Waals surface area contributed by atoms with Crippen molar-refractivity contribution in [3.8, 4) is 0 Å². The van der Waals surface area contributed by atoms with Gasteiger partial charge < -0.3 is 0 Å². The molecule has 2 fully saturated rings. The summed E-state index contributed by atoms with van der Waals surface area (Å²) in [4.78, 5) is 11.4. The minimum absolute atomic E-state index is 0.368. The summed E-state index contributed by atoms with van der Waals surface area (Å²) in [6.45, 7) is 4.71. The number of hydrogen-bond acceptors (Lipinski definition) is 1. The van der Waals surface area contributed by atoms with Crippen LogP contribution in [-0.4, -0.2) is 5.78 Å². The van der Waals surface area contributed by atoms with Crippen LogP contribution < -0.4 is 0 Å². The fraction of sp³-hybridized carbons (Fsp3) is 0.917. The molecule has 13 heavy (non-hydrogen) atoms. The maximum absolute atomic E-state index is 11.4. The maximum Gasteiger partial charge on any atom is 0.133 e. The standard InChI is InChI=1S/C12H20O/c1-9-4-3-7-12(2)8-10(13)5-6-11(9)12/h9,11H,3-8H2,1-2H3/t9?,11-,12+/m0/s1. The van der Waals surface area contributed by atoms with Crippen LogP contribution in [0.15, 0.2) is 0 Å². The van der Waals surface area contributed by atoms with Gasteiger partial charge in [-0.05, 0) is 30.1 Å². The van der Waals surface area contributed by atoms with E-state index in [0.717, 1.165) is 31.1 Å². The van der Waals surface area contributed by atoms with Gasteiger partial charge in [-0.1, -0.05) is 26.7 Å². The fourth-order valence-corrected chi connectivity index (χ4v) is 3.61. The quantitative estimate of drug-likeness (QED) is 0.559. The second kappa shape index (κ2) is 3.11. The van der Waals surface area contributed by atoms with E-state index in [2.05, 4.69) is 13.8 Å². The van der Waals surface area contributed by atoms with E-state index in [1.54, 1.807) is 0 Å². The average molecular weight is 180 g/mol. The van der Waals surface area contributed by atoms with Crippen LogP contribution in [0.5, 0.6) is 0 Å². The first-order valence-corrected chi connectivity index (χ1v) is 5.63. The van der Waals surface area contributed by atoms with Crippen LogP contribution in [0.25, 0.3) is 0 Å².